The summed E-state index contributed by atoms with van der Waals surface area (Å²) in [6.07, 6.45) is 1.87. The van der Waals surface area contributed by atoms with Crippen LogP contribution in [0.2, 0.25) is 0 Å². The van der Waals surface area contributed by atoms with Crippen LogP contribution in [0.4, 0.5) is 0 Å². The van der Waals surface area contributed by atoms with E-state index in [9.17, 15) is 0 Å². The van der Waals surface area contributed by atoms with Crippen molar-refractivity contribution in [3.63, 3.8) is 0 Å². The number of thiazole rings is 1. The molecule has 1 rings (SSSR count). The van der Waals surface area contributed by atoms with Gasteiger partial charge in [0.05, 0.1) is 5.51 Å². The Morgan fingerprint density at radius 3 is 2.50 bits per heavy atom. The largest absolute Gasteiger partial charge is 0.323 e. The normalized spacial score (nSPS) is 16.4. The van der Waals surface area contributed by atoms with E-state index in [2.05, 4.69) is 25.8 Å². The predicted molar refractivity (Wildman–Crippen MR) is 53.0 cm³/mol. The van der Waals surface area contributed by atoms with Crippen LogP contribution in [0.1, 0.15) is 31.7 Å². The summed E-state index contributed by atoms with van der Waals surface area (Å²) in [5.41, 5.74) is 7.89. The molecular formula is C9H16N2S. The molecule has 68 valence electrons. The Hall–Kier alpha value is -0.410. The van der Waals surface area contributed by atoms with Crippen LogP contribution in [0.3, 0.4) is 0 Å². The SMILES string of the molecule is CC(C)C(C)C(N)c1cncs1. The van der Waals surface area contributed by atoms with Gasteiger partial charge in [0.15, 0.2) is 0 Å². The summed E-state index contributed by atoms with van der Waals surface area (Å²) >= 11 is 1.64. The van der Waals surface area contributed by atoms with Gasteiger partial charge in [0.25, 0.3) is 0 Å². The van der Waals surface area contributed by atoms with Gasteiger partial charge in [-0.05, 0) is 11.8 Å². The molecule has 0 spiro atoms. The van der Waals surface area contributed by atoms with Crippen molar-refractivity contribution < 1.29 is 0 Å². The van der Waals surface area contributed by atoms with E-state index >= 15 is 0 Å². The average Bonchev–Trinajstić information content (AvgIpc) is 2.53. The van der Waals surface area contributed by atoms with Gasteiger partial charge in [0, 0.05) is 17.1 Å². The molecule has 2 nitrogen and oxygen atoms in total. The molecule has 0 aliphatic rings. The van der Waals surface area contributed by atoms with Gasteiger partial charge in [-0.3, -0.25) is 4.98 Å². The van der Waals surface area contributed by atoms with Crippen molar-refractivity contribution in [3.05, 3.63) is 16.6 Å². The van der Waals surface area contributed by atoms with Gasteiger partial charge in [-0.15, -0.1) is 11.3 Å². The Bertz CT molecular complexity index is 218. The Balaban J connectivity index is 2.65. The quantitative estimate of drug-likeness (QED) is 0.783. The van der Waals surface area contributed by atoms with E-state index in [1.807, 2.05) is 11.7 Å². The summed E-state index contributed by atoms with van der Waals surface area (Å²) in [7, 11) is 0. The van der Waals surface area contributed by atoms with Gasteiger partial charge >= 0.3 is 0 Å². The molecule has 2 N–H and O–H groups in total. The fourth-order valence-electron chi connectivity index (χ4n) is 1.06. The van der Waals surface area contributed by atoms with Crippen molar-refractivity contribution in [3.8, 4) is 0 Å². The van der Waals surface area contributed by atoms with E-state index in [4.69, 9.17) is 5.73 Å². The summed E-state index contributed by atoms with van der Waals surface area (Å²) in [5, 5.41) is 0. The third-order valence-corrected chi connectivity index (χ3v) is 3.27. The molecule has 0 saturated heterocycles. The maximum Gasteiger partial charge on any atom is 0.0794 e. The minimum absolute atomic E-state index is 0.150. The van der Waals surface area contributed by atoms with E-state index in [0.717, 1.165) is 0 Å². The molecule has 0 saturated carbocycles. The van der Waals surface area contributed by atoms with E-state index in [0.29, 0.717) is 11.8 Å². The molecule has 0 aromatic carbocycles. The first-order chi connectivity index (χ1) is 5.63. The van der Waals surface area contributed by atoms with Crippen molar-refractivity contribution in [1.82, 2.24) is 4.98 Å². The number of rotatable bonds is 3. The summed E-state index contributed by atoms with van der Waals surface area (Å²) in [6, 6.07) is 0.150. The molecule has 1 heterocycles. The fourth-order valence-corrected chi connectivity index (χ4v) is 1.80. The zero-order valence-corrected chi connectivity index (χ0v) is 8.64. The molecular weight excluding hydrogens is 168 g/mol. The third kappa shape index (κ3) is 2.05. The minimum atomic E-state index is 0.150. The van der Waals surface area contributed by atoms with Crippen LogP contribution in [0.25, 0.3) is 0 Å². The smallest absolute Gasteiger partial charge is 0.0794 e. The molecule has 3 heteroatoms. The lowest BCUT2D eigenvalue weighted by atomic mass is 9.90. The van der Waals surface area contributed by atoms with Crippen LogP contribution < -0.4 is 5.73 Å². The Morgan fingerprint density at radius 1 is 1.42 bits per heavy atom. The molecule has 12 heavy (non-hydrogen) atoms. The standard InChI is InChI=1S/C9H16N2S/c1-6(2)7(3)9(10)8-4-11-5-12-8/h4-7,9H,10H2,1-3H3. The Morgan fingerprint density at radius 2 is 2.08 bits per heavy atom. The monoisotopic (exact) mass is 184 g/mol. The van der Waals surface area contributed by atoms with Crippen molar-refractivity contribution >= 4 is 11.3 Å². The van der Waals surface area contributed by atoms with Crippen LogP contribution >= 0.6 is 11.3 Å². The third-order valence-electron chi connectivity index (χ3n) is 2.40. The average molecular weight is 184 g/mol. The van der Waals surface area contributed by atoms with Gasteiger partial charge in [-0.25, -0.2) is 0 Å². The lowest BCUT2D eigenvalue weighted by Gasteiger charge is -2.21. The number of aromatic nitrogens is 1. The van der Waals surface area contributed by atoms with Crippen molar-refractivity contribution in [2.24, 2.45) is 17.6 Å². The predicted octanol–water partition coefficient (Wildman–Crippen LogP) is 2.44. The summed E-state index contributed by atoms with van der Waals surface area (Å²) < 4.78 is 0. The van der Waals surface area contributed by atoms with E-state index in [1.165, 1.54) is 4.88 Å². The van der Waals surface area contributed by atoms with E-state index in [-0.39, 0.29) is 6.04 Å². The number of hydrogen-bond donors (Lipinski definition) is 1. The molecule has 0 aliphatic carbocycles. The first kappa shape index (κ1) is 9.68. The second-order valence-corrected chi connectivity index (χ2v) is 4.45. The lowest BCUT2D eigenvalue weighted by Crippen LogP contribution is -2.22. The highest BCUT2D eigenvalue weighted by molar-refractivity contribution is 7.09. The molecule has 0 bridgehead atoms. The molecule has 1 aromatic heterocycles. The molecule has 2 atom stereocenters. The van der Waals surface area contributed by atoms with Crippen molar-refractivity contribution in [2.75, 3.05) is 0 Å². The van der Waals surface area contributed by atoms with Crippen LogP contribution in [0.5, 0.6) is 0 Å². The highest BCUT2D eigenvalue weighted by Gasteiger charge is 2.18. The van der Waals surface area contributed by atoms with Crippen LogP contribution in [0, 0.1) is 11.8 Å². The topological polar surface area (TPSA) is 38.9 Å². The Labute approximate surface area is 77.8 Å². The molecule has 1 aromatic rings. The number of nitrogens with two attached hydrogens (primary N) is 1. The molecule has 0 radical (unpaired) electrons. The zero-order valence-electron chi connectivity index (χ0n) is 7.82. The lowest BCUT2D eigenvalue weighted by molar-refractivity contribution is 0.355. The van der Waals surface area contributed by atoms with Gasteiger partial charge in [0.2, 0.25) is 0 Å². The first-order valence-corrected chi connectivity index (χ1v) is 5.15. The molecule has 2 unspecified atom stereocenters. The summed E-state index contributed by atoms with van der Waals surface area (Å²) in [5.74, 6) is 1.15. The van der Waals surface area contributed by atoms with Gasteiger partial charge in [-0.1, -0.05) is 20.8 Å². The minimum Gasteiger partial charge on any atom is -0.323 e. The molecule has 0 fully saturated rings. The van der Waals surface area contributed by atoms with Crippen molar-refractivity contribution in [1.29, 1.82) is 0 Å². The maximum absolute atomic E-state index is 6.05. The molecule has 0 amide bonds. The van der Waals surface area contributed by atoms with Crippen molar-refractivity contribution in [2.45, 2.75) is 26.8 Å². The molecule has 0 aliphatic heterocycles. The second-order valence-electron chi connectivity index (χ2n) is 3.53. The highest BCUT2D eigenvalue weighted by atomic mass is 32.1. The maximum atomic E-state index is 6.05. The zero-order chi connectivity index (χ0) is 9.14. The number of hydrogen-bond acceptors (Lipinski definition) is 3. The number of nitrogens with zero attached hydrogens (tertiary/aromatic N) is 1. The fraction of sp³-hybridized carbons (Fsp3) is 0.667. The van der Waals surface area contributed by atoms with Gasteiger partial charge in [0.1, 0.15) is 0 Å². The van der Waals surface area contributed by atoms with Crippen LogP contribution in [-0.2, 0) is 0 Å². The first-order valence-electron chi connectivity index (χ1n) is 4.27. The summed E-state index contributed by atoms with van der Waals surface area (Å²) in [4.78, 5) is 5.21. The highest BCUT2D eigenvalue weighted by Crippen LogP contribution is 2.27. The summed E-state index contributed by atoms with van der Waals surface area (Å²) in [6.45, 7) is 6.59. The van der Waals surface area contributed by atoms with Crippen LogP contribution in [-0.4, -0.2) is 4.98 Å². The van der Waals surface area contributed by atoms with Gasteiger partial charge in [-0.2, -0.15) is 0 Å². The van der Waals surface area contributed by atoms with E-state index < -0.39 is 0 Å². The Kier molecular flexibility index (Phi) is 3.23. The van der Waals surface area contributed by atoms with Gasteiger partial charge < -0.3 is 5.73 Å². The second kappa shape index (κ2) is 4.01. The van der Waals surface area contributed by atoms with Crippen LogP contribution in [0.15, 0.2) is 11.7 Å². The van der Waals surface area contributed by atoms with E-state index in [1.54, 1.807) is 11.3 Å².